The van der Waals surface area contributed by atoms with Gasteiger partial charge in [0.15, 0.2) is 5.82 Å². The highest BCUT2D eigenvalue weighted by atomic mass is 32.2. The number of hydrogen-bond acceptors (Lipinski definition) is 4. The highest BCUT2D eigenvalue weighted by Crippen LogP contribution is 2.17. The molecule has 0 unspecified atom stereocenters. The molecule has 2 heterocycles. The van der Waals surface area contributed by atoms with Crippen molar-refractivity contribution in [2.45, 2.75) is 5.75 Å². The van der Waals surface area contributed by atoms with Crippen LogP contribution in [-0.2, 0) is 10.5 Å². The molecule has 6 heteroatoms. The second kappa shape index (κ2) is 7.60. The van der Waals surface area contributed by atoms with E-state index in [2.05, 4.69) is 27.5 Å². The predicted molar refractivity (Wildman–Crippen MR) is 92.6 cm³/mol. The molecule has 0 spiro atoms. The van der Waals surface area contributed by atoms with E-state index in [-0.39, 0.29) is 5.91 Å². The third-order valence-electron chi connectivity index (χ3n) is 3.13. The summed E-state index contributed by atoms with van der Waals surface area (Å²) in [5.74, 6) is 1.77. The van der Waals surface area contributed by atoms with E-state index in [1.165, 1.54) is 5.56 Å². The van der Waals surface area contributed by atoms with E-state index in [9.17, 15) is 4.79 Å². The summed E-state index contributed by atoms with van der Waals surface area (Å²) < 4.78 is 1.63. The summed E-state index contributed by atoms with van der Waals surface area (Å²) in [5.41, 5.74) is 1.87. The topological polar surface area (TPSA) is 59.8 Å². The lowest BCUT2D eigenvalue weighted by Gasteiger charge is -2.09. The zero-order valence-corrected chi connectivity index (χ0v) is 13.2. The number of hydrogen-bond donors (Lipinski definition) is 1. The first-order valence-corrected chi connectivity index (χ1v) is 8.35. The van der Waals surface area contributed by atoms with Crippen molar-refractivity contribution in [2.75, 3.05) is 11.1 Å². The predicted octanol–water partition coefficient (Wildman–Crippen LogP) is 3.14. The molecular weight excluding hydrogens is 308 g/mol. The van der Waals surface area contributed by atoms with Crippen molar-refractivity contribution in [3.63, 3.8) is 0 Å². The Kier molecular flexibility index (Phi) is 5.06. The first-order chi connectivity index (χ1) is 11.3. The second-order valence-corrected chi connectivity index (χ2v) is 5.84. The van der Waals surface area contributed by atoms with Gasteiger partial charge in [0.05, 0.1) is 11.4 Å². The van der Waals surface area contributed by atoms with E-state index >= 15 is 0 Å². The summed E-state index contributed by atoms with van der Waals surface area (Å²) in [5, 5.41) is 7.06. The van der Waals surface area contributed by atoms with Crippen molar-refractivity contribution < 1.29 is 4.79 Å². The lowest BCUT2D eigenvalue weighted by molar-refractivity contribution is -0.113. The molecule has 116 valence electrons. The molecule has 23 heavy (non-hydrogen) atoms. The van der Waals surface area contributed by atoms with E-state index in [0.717, 1.165) is 5.75 Å². The number of aromatic nitrogens is 3. The van der Waals surface area contributed by atoms with Crippen LogP contribution in [0.5, 0.6) is 0 Å². The van der Waals surface area contributed by atoms with Crippen LogP contribution < -0.4 is 5.32 Å². The molecule has 3 aromatic rings. The molecule has 0 aliphatic carbocycles. The largest absolute Gasteiger partial charge is 0.322 e. The quantitative estimate of drug-likeness (QED) is 0.757. The van der Waals surface area contributed by atoms with Gasteiger partial charge >= 0.3 is 0 Å². The Bertz CT molecular complexity index is 759. The first kappa shape index (κ1) is 15.3. The molecule has 0 radical (unpaired) electrons. The minimum absolute atomic E-state index is 0.0488. The maximum Gasteiger partial charge on any atom is 0.234 e. The lowest BCUT2D eigenvalue weighted by Crippen LogP contribution is -2.16. The molecular formula is C17H16N4OS. The highest BCUT2D eigenvalue weighted by molar-refractivity contribution is 7.99. The van der Waals surface area contributed by atoms with E-state index < -0.39 is 0 Å². The summed E-state index contributed by atoms with van der Waals surface area (Å²) in [7, 11) is 0. The summed E-state index contributed by atoms with van der Waals surface area (Å²) in [4.78, 5) is 16.4. The molecule has 0 aliphatic rings. The number of carbonyl (C=O) groups excluding carboxylic acids is 1. The van der Waals surface area contributed by atoms with Gasteiger partial charge in [-0.15, -0.1) is 11.8 Å². The lowest BCUT2D eigenvalue weighted by atomic mass is 10.2. The molecule has 0 bridgehead atoms. The van der Waals surface area contributed by atoms with E-state index in [4.69, 9.17) is 0 Å². The minimum atomic E-state index is -0.0488. The number of rotatable bonds is 6. The normalized spacial score (nSPS) is 10.4. The van der Waals surface area contributed by atoms with Gasteiger partial charge in [0.1, 0.15) is 0 Å². The van der Waals surface area contributed by atoms with Gasteiger partial charge in [0, 0.05) is 24.3 Å². The van der Waals surface area contributed by atoms with Crippen molar-refractivity contribution in [3.8, 4) is 5.82 Å². The van der Waals surface area contributed by atoms with Crippen molar-refractivity contribution >= 4 is 23.4 Å². The number of nitrogens with one attached hydrogen (secondary N) is 1. The van der Waals surface area contributed by atoms with Crippen LogP contribution in [0.1, 0.15) is 5.56 Å². The fourth-order valence-corrected chi connectivity index (χ4v) is 2.88. The smallest absolute Gasteiger partial charge is 0.234 e. The standard InChI is InChI=1S/C17H16N4OS/c22-16(13-23-12-14-6-2-1-3-7-14)20-15-8-4-9-18-17(15)21-11-5-10-19-21/h1-11H,12-13H2,(H,20,22). The van der Waals surface area contributed by atoms with Crippen LogP contribution >= 0.6 is 11.8 Å². The maximum atomic E-state index is 12.1. The Balaban J connectivity index is 1.58. The zero-order chi connectivity index (χ0) is 15.9. The van der Waals surface area contributed by atoms with Crippen LogP contribution in [0.15, 0.2) is 67.1 Å². The molecule has 0 saturated heterocycles. The second-order valence-electron chi connectivity index (χ2n) is 4.85. The molecule has 0 fully saturated rings. The highest BCUT2D eigenvalue weighted by Gasteiger charge is 2.09. The molecule has 2 aromatic heterocycles. The summed E-state index contributed by atoms with van der Waals surface area (Å²) in [6.07, 6.45) is 5.15. The fourth-order valence-electron chi connectivity index (χ4n) is 2.09. The molecule has 1 aromatic carbocycles. The van der Waals surface area contributed by atoms with Gasteiger partial charge in [0.2, 0.25) is 5.91 Å². The summed E-state index contributed by atoms with van der Waals surface area (Å²) in [6.45, 7) is 0. The SMILES string of the molecule is O=C(CSCc1ccccc1)Nc1cccnc1-n1cccn1. The first-order valence-electron chi connectivity index (χ1n) is 7.19. The number of pyridine rings is 1. The van der Waals surface area contributed by atoms with Gasteiger partial charge in [-0.2, -0.15) is 5.10 Å². The average molecular weight is 324 g/mol. The Morgan fingerprint density at radius 2 is 1.96 bits per heavy atom. The van der Waals surface area contributed by atoms with Crippen LogP contribution in [0.2, 0.25) is 0 Å². The number of nitrogens with zero attached hydrogens (tertiary/aromatic N) is 3. The van der Waals surface area contributed by atoms with Gasteiger partial charge in [-0.25, -0.2) is 9.67 Å². The van der Waals surface area contributed by atoms with Crippen molar-refractivity contribution in [3.05, 3.63) is 72.7 Å². The monoisotopic (exact) mass is 324 g/mol. The van der Waals surface area contributed by atoms with E-state index in [1.54, 1.807) is 41.1 Å². The third-order valence-corrected chi connectivity index (χ3v) is 4.13. The van der Waals surface area contributed by atoms with Crippen LogP contribution in [0.25, 0.3) is 5.82 Å². The number of thioether (sulfide) groups is 1. The summed E-state index contributed by atoms with van der Waals surface area (Å²) in [6, 6.07) is 15.5. The molecule has 0 atom stereocenters. The van der Waals surface area contributed by atoms with Gasteiger partial charge < -0.3 is 5.32 Å². The Morgan fingerprint density at radius 3 is 2.74 bits per heavy atom. The van der Waals surface area contributed by atoms with Gasteiger partial charge in [0.25, 0.3) is 0 Å². The van der Waals surface area contributed by atoms with Crippen molar-refractivity contribution in [2.24, 2.45) is 0 Å². The Hall–Kier alpha value is -2.60. The molecule has 1 amide bonds. The van der Waals surface area contributed by atoms with Gasteiger partial charge in [-0.3, -0.25) is 4.79 Å². The molecule has 5 nitrogen and oxygen atoms in total. The van der Waals surface area contributed by atoms with Gasteiger partial charge in [-0.1, -0.05) is 30.3 Å². The summed E-state index contributed by atoms with van der Waals surface area (Å²) >= 11 is 1.58. The van der Waals surface area contributed by atoms with E-state index in [0.29, 0.717) is 17.3 Å². The van der Waals surface area contributed by atoms with Crippen LogP contribution in [0.3, 0.4) is 0 Å². The van der Waals surface area contributed by atoms with Crippen LogP contribution in [-0.4, -0.2) is 26.4 Å². The van der Waals surface area contributed by atoms with Crippen molar-refractivity contribution in [1.29, 1.82) is 0 Å². The average Bonchev–Trinajstić information content (AvgIpc) is 3.11. The Labute approximate surface area is 138 Å². The molecule has 3 rings (SSSR count). The molecule has 1 N–H and O–H groups in total. The zero-order valence-electron chi connectivity index (χ0n) is 12.4. The van der Waals surface area contributed by atoms with E-state index in [1.807, 2.05) is 30.3 Å². The Morgan fingerprint density at radius 1 is 1.09 bits per heavy atom. The van der Waals surface area contributed by atoms with Gasteiger partial charge in [-0.05, 0) is 23.8 Å². The minimum Gasteiger partial charge on any atom is -0.322 e. The van der Waals surface area contributed by atoms with Crippen molar-refractivity contribution in [1.82, 2.24) is 14.8 Å². The van der Waals surface area contributed by atoms with Crippen LogP contribution in [0.4, 0.5) is 5.69 Å². The van der Waals surface area contributed by atoms with Crippen LogP contribution in [0, 0.1) is 0 Å². The number of carbonyl (C=O) groups is 1. The fraction of sp³-hybridized carbons (Fsp3) is 0.118. The third kappa shape index (κ3) is 4.20. The molecule has 0 aliphatic heterocycles. The number of amides is 1. The molecule has 0 saturated carbocycles. The number of anilines is 1. The number of benzene rings is 1. The maximum absolute atomic E-state index is 12.1.